The molecule has 0 aliphatic carbocycles. The van der Waals surface area contributed by atoms with E-state index in [9.17, 15) is 19.2 Å². The molecule has 0 saturated carbocycles. The first-order valence-corrected chi connectivity index (χ1v) is 10.6. The standard InChI is InChI=1S/C24H27N3O7/c1-14-8-9-15(2)17(10-14)25-20(28)13-34-24(31)16-11-21(29)27(12-16)26-23(30)22-18(32-3)6-5-7-19(22)33-4/h5-10,16H,11-13H2,1-4H3,(H,25,28)(H,26,30)/t16-/m0/s1. The molecule has 1 fully saturated rings. The molecule has 0 radical (unpaired) electrons. The van der Waals surface area contributed by atoms with Crippen molar-refractivity contribution in [2.45, 2.75) is 20.3 Å². The second kappa shape index (κ2) is 10.7. The second-order valence-electron chi connectivity index (χ2n) is 7.86. The van der Waals surface area contributed by atoms with Gasteiger partial charge < -0.3 is 19.5 Å². The molecular weight excluding hydrogens is 442 g/mol. The van der Waals surface area contributed by atoms with E-state index in [-0.39, 0.29) is 30.0 Å². The van der Waals surface area contributed by atoms with E-state index in [1.165, 1.54) is 14.2 Å². The van der Waals surface area contributed by atoms with Crippen LogP contribution < -0.4 is 20.2 Å². The van der Waals surface area contributed by atoms with E-state index in [2.05, 4.69) is 10.7 Å². The Hall–Kier alpha value is -4.08. The van der Waals surface area contributed by atoms with Crippen molar-refractivity contribution >= 4 is 29.4 Å². The highest BCUT2D eigenvalue weighted by molar-refractivity contribution is 6.01. The first kappa shape index (κ1) is 24.6. The number of carbonyl (C=O) groups is 4. The summed E-state index contributed by atoms with van der Waals surface area (Å²) in [5, 5.41) is 3.76. The number of esters is 1. The molecule has 10 nitrogen and oxygen atoms in total. The van der Waals surface area contributed by atoms with Crippen molar-refractivity contribution in [3.63, 3.8) is 0 Å². The summed E-state index contributed by atoms with van der Waals surface area (Å²) in [6.45, 7) is 3.19. The SMILES string of the molecule is COc1cccc(OC)c1C(=O)NN1C[C@@H](C(=O)OCC(=O)Nc2cc(C)ccc2C)CC1=O. The highest BCUT2D eigenvalue weighted by atomic mass is 16.5. The normalized spacial score (nSPS) is 15.0. The van der Waals surface area contributed by atoms with E-state index in [0.29, 0.717) is 5.69 Å². The number of carbonyl (C=O) groups excluding carboxylic acids is 4. The van der Waals surface area contributed by atoms with E-state index in [0.717, 1.165) is 16.1 Å². The topological polar surface area (TPSA) is 123 Å². The number of hydrogen-bond acceptors (Lipinski definition) is 7. The molecule has 2 aromatic carbocycles. The van der Waals surface area contributed by atoms with Crippen molar-refractivity contribution in [1.29, 1.82) is 0 Å². The molecule has 0 aromatic heterocycles. The number of benzene rings is 2. The van der Waals surface area contributed by atoms with E-state index in [1.54, 1.807) is 18.2 Å². The van der Waals surface area contributed by atoms with Crippen LogP contribution in [0.5, 0.6) is 11.5 Å². The van der Waals surface area contributed by atoms with Crippen LogP contribution in [0.25, 0.3) is 0 Å². The zero-order valence-corrected chi connectivity index (χ0v) is 19.5. The smallest absolute Gasteiger partial charge is 0.311 e. The maximum absolute atomic E-state index is 12.8. The Morgan fingerprint density at radius 2 is 1.74 bits per heavy atom. The summed E-state index contributed by atoms with van der Waals surface area (Å²) in [7, 11) is 2.82. The van der Waals surface area contributed by atoms with Gasteiger partial charge in [0.05, 0.1) is 26.7 Å². The molecule has 1 atom stereocenters. The summed E-state index contributed by atoms with van der Waals surface area (Å²) in [6, 6.07) is 10.5. The molecular formula is C24H27N3O7. The molecule has 10 heteroatoms. The molecule has 3 rings (SSSR count). The Morgan fingerprint density at radius 1 is 1.06 bits per heavy atom. The van der Waals surface area contributed by atoms with Crippen molar-refractivity contribution in [2.24, 2.45) is 5.92 Å². The third kappa shape index (κ3) is 5.64. The Balaban J connectivity index is 1.56. The fourth-order valence-electron chi connectivity index (χ4n) is 3.54. The molecule has 0 spiro atoms. The maximum Gasteiger partial charge on any atom is 0.311 e. The first-order chi connectivity index (χ1) is 16.2. The molecule has 2 N–H and O–H groups in total. The molecule has 1 saturated heterocycles. The van der Waals surface area contributed by atoms with Crippen LogP contribution in [0.3, 0.4) is 0 Å². The number of nitrogens with one attached hydrogen (secondary N) is 2. The third-order valence-electron chi connectivity index (χ3n) is 5.36. The second-order valence-corrected chi connectivity index (χ2v) is 7.86. The fraction of sp³-hybridized carbons (Fsp3) is 0.333. The van der Waals surface area contributed by atoms with Crippen LogP contribution >= 0.6 is 0 Å². The lowest BCUT2D eigenvalue weighted by molar-refractivity contribution is -0.151. The van der Waals surface area contributed by atoms with Gasteiger partial charge in [0.2, 0.25) is 5.91 Å². The zero-order chi connectivity index (χ0) is 24.8. The van der Waals surface area contributed by atoms with Crippen molar-refractivity contribution in [3.05, 3.63) is 53.1 Å². The lowest BCUT2D eigenvalue weighted by atomic mass is 10.1. The van der Waals surface area contributed by atoms with E-state index in [1.807, 2.05) is 32.0 Å². The summed E-state index contributed by atoms with van der Waals surface area (Å²) in [5.41, 5.74) is 5.10. The summed E-state index contributed by atoms with van der Waals surface area (Å²) >= 11 is 0. The Morgan fingerprint density at radius 3 is 2.38 bits per heavy atom. The number of amides is 3. The first-order valence-electron chi connectivity index (χ1n) is 10.6. The van der Waals surface area contributed by atoms with Gasteiger partial charge in [-0.2, -0.15) is 0 Å². The van der Waals surface area contributed by atoms with Crippen molar-refractivity contribution in [1.82, 2.24) is 10.4 Å². The predicted molar refractivity (Wildman–Crippen MR) is 122 cm³/mol. The minimum absolute atomic E-state index is 0.0839. The van der Waals surface area contributed by atoms with Gasteiger partial charge in [0, 0.05) is 12.1 Å². The lowest BCUT2D eigenvalue weighted by Gasteiger charge is -2.19. The quantitative estimate of drug-likeness (QED) is 0.567. The number of aryl methyl sites for hydroxylation is 2. The van der Waals surface area contributed by atoms with Crippen LogP contribution in [0.1, 0.15) is 27.9 Å². The van der Waals surface area contributed by atoms with Gasteiger partial charge in [0.15, 0.2) is 6.61 Å². The highest BCUT2D eigenvalue weighted by Crippen LogP contribution is 2.28. The van der Waals surface area contributed by atoms with Gasteiger partial charge >= 0.3 is 5.97 Å². The minimum Gasteiger partial charge on any atom is -0.496 e. The summed E-state index contributed by atoms with van der Waals surface area (Å²) in [6.07, 6.45) is -0.152. The van der Waals surface area contributed by atoms with Gasteiger partial charge in [0.1, 0.15) is 17.1 Å². The fourth-order valence-corrected chi connectivity index (χ4v) is 3.54. The highest BCUT2D eigenvalue weighted by Gasteiger charge is 2.37. The molecule has 0 bridgehead atoms. The van der Waals surface area contributed by atoms with Gasteiger partial charge in [-0.15, -0.1) is 0 Å². The largest absolute Gasteiger partial charge is 0.496 e. The minimum atomic E-state index is -0.819. The number of hydrazine groups is 1. The molecule has 1 aliphatic rings. The molecule has 34 heavy (non-hydrogen) atoms. The number of hydrogen-bond donors (Lipinski definition) is 2. The monoisotopic (exact) mass is 469 g/mol. The maximum atomic E-state index is 12.8. The zero-order valence-electron chi connectivity index (χ0n) is 19.5. The molecule has 3 amide bonds. The number of rotatable bonds is 8. The van der Waals surface area contributed by atoms with Gasteiger partial charge in [-0.1, -0.05) is 18.2 Å². The molecule has 0 unspecified atom stereocenters. The van der Waals surface area contributed by atoms with Gasteiger partial charge in [-0.25, -0.2) is 0 Å². The number of methoxy groups -OCH3 is 2. The lowest BCUT2D eigenvalue weighted by Crippen LogP contribution is -2.43. The summed E-state index contributed by atoms with van der Waals surface area (Å²) < 4.78 is 15.5. The predicted octanol–water partition coefficient (Wildman–Crippen LogP) is 2.00. The molecule has 180 valence electrons. The Kier molecular flexibility index (Phi) is 7.72. The van der Waals surface area contributed by atoms with Crippen LogP contribution in [0, 0.1) is 19.8 Å². The third-order valence-corrected chi connectivity index (χ3v) is 5.36. The van der Waals surface area contributed by atoms with Crippen LogP contribution in [-0.4, -0.2) is 56.1 Å². The van der Waals surface area contributed by atoms with Crippen LogP contribution in [0.2, 0.25) is 0 Å². The summed E-state index contributed by atoms with van der Waals surface area (Å²) in [5.74, 6) is -2.53. The molecule has 2 aromatic rings. The van der Waals surface area contributed by atoms with Crippen molar-refractivity contribution in [2.75, 3.05) is 32.7 Å². The average Bonchev–Trinajstić information content (AvgIpc) is 3.19. The average molecular weight is 469 g/mol. The van der Waals surface area contributed by atoms with Crippen LogP contribution in [-0.2, 0) is 19.1 Å². The van der Waals surface area contributed by atoms with Crippen LogP contribution in [0.4, 0.5) is 5.69 Å². The number of nitrogens with zero attached hydrogens (tertiary/aromatic N) is 1. The van der Waals surface area contributed by atoms with Gasteiger partial charge in [-0.05, 0) is 43.2 Å². The van der Waals surface area contributed by atoms with E-state index in [4.69, 9.17) is 14.2 Å². The van der Waals surface area contributed by atoms with Crippen molar-refractivity contribution < 1.29 is 33.4 Å². The Labute approximate surface area is 197 Å². The van der Waals surface area contributed by atoms with Crippen LogP contribution in [0.15, 0.2) is 36.4 Å². The summed E-state index contributed by atoms with van der Waals surface area (Å²) in [4.78, 5) is 49.8. The number of anilines is 1. The molecule has 1 aliphatic heterocycles. The van der Waals surface area contributed by atoms with E-state index >= 15 is 0 Å². The Bertz CT molecular complexity index is 1090. The van der Waals surface area contributed by atoms with Gasteiger partial charge in [0.25, 0.3) is 11.8 Å². The number of ether oxygens (including phenoxy) is 3. The van der Waals surface area contributed by atoms with E-state index < -0.39 is 36.2 Å². The van der Waals surface area contributed by atoms with Gasteiger partial charge in [-0.3, -0.25) is 29.6 Å². The molecule has 1 heterocycles. The van der Waals surface area contributed by atoms with Crippen molar-refractivity contribution in [3.8, 4) is 11.5 Å².